The highest BCUT2D eigenvalue weighted by molar-refractivity contribution is 5.88. The molecule has 1 aliphatic carbocycles. The van der Waals surface area contributed by atoms with Crippen molar-refractivity contribution in [3.63, 3.8) is 0 Å². The fourth-order valence-corrected chi connectivity index (χ4v) is 7.86. The first-order valence-electron chi connectivity index (χ1n) is 17.3. The number of carbonyl (C=O) groups is 1. The average molecular weight is 646 g/mol. The lowest BCUT2D eigenvalue weighted by Gasteiger charge is -2.52. The predicted octanol–water partition coefficient (Wildman–Crippen LogP) is 6.66. The second-order valence-electron chi connectivity index (χ2n) is 14.1. The number of nitrogens with zero attached hydrogens (tertiary/aromatic N) is 5. The molecule has 250 valence electrons. The summed E-state index contributed by atoms with van der Waals surface area (Å²) in [6.45, 7) is 3.40. The monoisotopic (exact) mass is 645 g/mol. The van der Waals surface area contributed by atoms with Gasteiger partial charge in [-0.15, -0.1) is 0 Å². The molecule has 2 N–H and O–H groups in total. The number of nitrogens with two attached hydrogens (primary N) is 1. The van der Waals surface area contributed by atoms with Crippen LogP contribution in [-0.4, -0.2) is 63.4 Å². The van der Waals surface area contributed by atoms with Crippen LogP contribution in [0.5, 0.6) is 5.88 Å². The van der Waals surface area contributed by atoms with E-state index in [4.69, 9.17) is 20.4 Å². The number of hydrogen-bond acceptors (Lipinski definition) is 5. The Morgan fingerprint density at radius 2 is 1.83 bits per heavy atom. The molecule has 5 aromatic rings. The number of ether oxygens (including phenoxy) is 1. The van der Waals surface area contributed by atoms with Gasteiger partial charge < -0.3 is 15.0 Å². The van der Waals surface area contributed by atoms with E-state index < -0.39 is 5.41 Å². The Bertz CT molecular complexity index is 1830. The van der Waals surface area contributed by atoms with E-state index in [9.17, 15) is 4.79 Å². The zero-order valence-electron chi connectivity index (χ0n) is 28.8. The summed E-state index contributed by atoms with van der Waals surface area (Å²) in [5.41, 5.74) is 10.8. The quantitative estimate of drug-likeness (QED) is 0.145. The van der Waals surface area contributed by atoms with Crippen molar-refractivity contribution in [2.45, 2.75) is 63.3 Å². The molecule has 1 fully saturated rings. The van der Waals surface area contributed by atoms with Crippen molar-refractivity contribution < 1.29 is 14.0 Å². The standard InChI is InChI=1S/C40H48N6O2/c1-5-6-15-34-24-31-12-10-11-16-35(31)38(44-34)48-22-21-46(3,4)37-20-18-29(25-40(37,39(41)47)33-13-8-7-9-14-33)23-30-17-19-36(42-26-30)32-27-43-45(2)28-32/h7-14,16-17,19,24,26-29,37H,5-6,15,18,20-23,25H2,1-4H3,(H-,41,47)/p+1/t29?,37-,40+/m1/s1. The minimum Gasteiger partial charge on any atom is -0.471 e. The largest absolute Gasteiger partial charge is 0.471 e. The van der Waals surface area contributed by atoms with Crippen LogP contribution in [0.3, 0.4) is 0 Å². The SMILES string of the molecule is CCCCc1cc2ccccc2c(OCC[N+](C)(C)[C@@H]2CCC(Cc3ccc(-c4cnn(C)c4)nc3)C[C@]2(C(N)=O)c2ccccc2)n1. The summed E-state index contributed by atoms with van der Waals surface area (Å²) in [6, 6.07) is 24.9. The molecular weight excluding hydrogens is 596 g/mol. The Labute approximate surface area is 284 Å². The van der Waals surface area contributed by atoms with Crippen LogP contribution in [0.1, 0.15) is 55.8 Å². The highest BCUT2D eigenvalue weighted by Crippen LogP contribution is 2.47. The van der Waals surface area contributed by atoms with Gasteiger partial charge in [0.1, 0.15) is 24.6 Å². The van der Waals surface area contributed by atoms with Gasteiger partial charge in [0, 0.05) is 42.5 Å². The van der Waals surface area contributed by atoms with Crippen molar-refractivity contribution in [1.29, 1.82) is 0 Å². The number of primary amides is 1. The number of fused-ring (bicyclic) bond motifs is 1. The molecule has 1 unspecified atom stereocenters. The van der Waals surface area contributed by atoms with Gasteiger partial charge in [0.15, 0.2) is 0 Å². The number of carbonyl (C=O) groups excluding carboxylic acids is 1. The number of unbranched alkanes of at least 4 members (excludes halogenated alkanes) is 1. The third-order valence-electron chi connectivity index (χ3n) is 10.4. The van der Waals surface area contributed by atoms with Crippen molar-refractivity contribution in [3.8, 4) is 17.1 Å². The molecule has 1 aliphatic rings. The number of benzene rings is 2. The molecule has 0 bridgehead atoms. The first-order chi connectivity index (χ1) is 23.2. The summed E-state index contributed by atoms with van der Waals surface area (Å²) in [4.78, 5) is 23.5. The molecule has 0 aliphatic heterocycles. The minimum atomic E-state index is -0.818. The van der Waals surface area contributed by atoms with E-state index in [-0.39, 0.29) is 17.9 Å². The van der Waals surface area contributed by atoms with Gasteiger partial charge in [-0.25, -0.2) is 4.98 Å². The topological polar surface area (TPSA) is 95.9 Å². The van der Waals surface area contributed by atoms with Crippen LogP contribution in [-0.2, 0) is 30.1 Å². The molecule has 8 heteroatoms. The Balaban J connectivity index is 1.22. The van der Waals surface area contributed by atoms with E-state index in [1.165, 1.54) is 5.56 Å². The predicted molar refractivity (Wildman–Crippen MR) is 191 cm³/mol. The van der Waals surface area contributed by atoms with Crippen molar-refractivity contribution in [2.24, 2.45) is 18.7 Å². The first kappa shape index (κ1) is 33.3. The smallest absolute Gasteiger partial charge is 0.234 e. The highest BCUT2D eigenvalue weighted by atomic mass is 16.5. The van der Waals surface area contributed by atoms with Gasteiger partial charge in [0.25, 0.3) is 0 Å². The van der Waals surface area contributed by atoms with Crippen LogP contribution in [0.4, 0.5) is 0 Å². The molecule has 0 spiro atoms. The lowest BCUT2D eigenvalue weighted by molar-refractivity contribution is -0.920. The van der Waals surface area contributed by atoms with Gasteiger partial charge in [-0.05, 0) is 72.7 Å². The second kappa shape index (κ2) is 14.3. The van der Waals surface area contributed by atoms with E-state index in [0.717, 1.165) is 71.8 Å². The highest BCUT2D eigenvalue weighted by Gasteiger charge is 2.56. The summed E-state index contributed by atoms with van der Waals surface area (Å²) in [7, 11) is 6.35. The second-order valence-corrected chi connectivity index (χ2v) is 14.1. The molecule has 6 rings (SSSR count). The number of quaternary nitrogens is 1. The maximum atomic E-state index is 13.9. The number of pyridine rings is 2. The summed E-state index contributed by atoms with van der Waals surface area (Å²) in [5, 5.41) is 6.46. The maximum absolute atomic E-state index is 13.9. The Hall–Kier alpha value is -4.56. The molecule has 1 saturated carbocycles. The van der Waals surface area contributed by atoms with Crippen LogP contribution in [0.2, 0.25) is 0 Å². The van der Waals surface area contributed by atoms with Gasteiger partial charge in [0.2, 0.25) is 11.8 Å². The number of aryl methyl sites for hydroxylation is 2. The number of likely N-dealkylation sites (N-methyl/N-ethyl adjacent to an activating group) is 1. The Kier molecular flexibility index (Phi) is 9.92. The van der Waals surface area contributed by atoms with Crippen molar-refractivity contribution in [3.05, 3.63) is 108 Å². The fourth-order valence-electron chi connectivity index (χ4n) is 7.86. The van der Waals surface area contributed by atoms with E-state index in [2.05, 4.69) is 74.6 Å². The molecule has 48 heavy (non-hydrogen) atoms. The third kappa shape index (κ3) is 6.99. The lowest BCUT2D eigenvalue weighted by atomic mass is 9.60. The van der Waals surface area contributed by atoms with Gasteiger partial charge >= 0.3 is 0 Å². The summed E-state index contributed by atoms with van der Waals surface area (Å²) < 4.78 is 8.88. The van der Waals surface area contributed by atoms with Crippen LogP contribution >= 0.6 is 0 Å². The molecule has 3 heterocycles. The average Bonchev–Trinajstić information content (AvgIpc) is 3.53. The van der Waals surface area contributed by atoms with Gasteiger partial charge in [-0.2, -0.15) is 5.10 Å². The van der Waals surface area contributed by atoms with Crippen molar-refractivity contribution >= 4 is 16.7 Å². The molecule has 3 aromatic heterocycles. The number of rotatable bonds is 13. The molecule has 3 atom stereocenters. The van der Waals surface area contributed by atoms with Gasteiger partial charge in [-0.1, -0.05) is 67.9 Å². The van der Waals surface area contributed by atoms with Crippen LogP contribution in [0.25, 0.3) is 22.0 Å². The van der Waals surface area contributed by atoms with E-state index in [1.54, 1.807) is 4.68 Å². The molecule has 2 aromatic carbocycles. The van der Waals surface area contributed by atoms with Crippen molar-refractivity contribution in [1.82, 2.24) is 19.7 Å². The lowest BCUT2D eigenvalue weighted by Crippen LogP contribution is -2.66. The number of aromatic nitrogens is 4. The van der Waals surface area contributed by atoms with E-state index in [1.807, 2.05) is 49.9 Å². The van der Waals surface area contributed by atoms with Crippen molar-refractivity contribution in [2.75, 3.05) is 27.2 Å². The molecular formula is C40H49N6O2+. The van der Waals surface area contributed by atoms with Crippen LogP contribution in [0.15, 0.2) is 91.4 Å². The van der Waals surface area contributed by atoms with E-state index >= 15 is 0 Å². The zero-order chi connectivity index (χ0) is 33.7. The number of hydrogen-bond donors (Lipinski definition) is 1. The van der Waals surface area contributed by atoms with Crippen LogP contribution in [0, 0.1) is 5.92 Å². The summed E-state index contributed by atoms with van der Waals surface area (Å²) in [5.74, 6) is 0.727. The maximum Gasteiger partial charge on any atom is 0.234 e. The molecule has 8 nitrogen and oxygen atoms in total. The molecule has 1 amide bonds. The summed E-state index contributed by atoms with van der Waals surface area (Å²) >= 11 is 0. The van der Waals surface area contributed by atoms with Gasteiger partial charge in [0.05, 0.1) is 26.0 Å². The van der Waals surface area contributed by atoms with Gasteiger partial charge in [-0.3, -0.25) is 14.5 Å². The Morgan fingerprint density at radius 3 is 2.54 bits per heavy atom. The van der Waals surface area contributed by atoms with Crippen LogP contribution < -0.4 is 10.5 Å². The zero-order valence-corrected chi connectivity index (χ0v) is 28.8. The third-order valence-corrected chi connectivity index (χ3v) is 10.4. The van der Waals surface area contributed by atoms with E-state index in [0.29, 0.717) is 29.9 Å². The fraction of sp³-hybridized carbons (Fsp3) is 0.400. The molecule has 0 radical (unpaired) electrons. The number of amides is 1. The minimum absolute atomic E-state index is 0.0103. The normalized spacial score (nSPS) is 19.8. The first-order valence-corrected chi connectivity index (χ1v) is 17.3. The molecule has 0 saturated heterocycles. The Morgan fingerprint density at radius 1 is 1.04 bits per heavy atom. The summed E-state index contributed by atoms with van der Waals surface area (Å²) in [6.07, 6.45) is 12.3.